The highest BCUT2D eigenvalue weighted by Gasteiger charge is 2.13. The second-order valence-electron chi connectivity index (χ2n) is 4.65. The number of ether oxygens (including phenoxy) is 2. The van der Waals surface area contributed by atoms with E-state index in [4.69, 9.17) is 31.6 Å². The molecule has 4 nitrogen and oxygen atoms in total. The van der Waals surface area contributed by atoms with Gasteiger partial charge in [-0.15, -0.1) is 0 Å². The van der Waals surface area contributed by atoms with E-state index in [9.17, 15) is 4.39 Å². The zero-order valence-electron chi connectivity index (χ0n) is 12.7. The second kappa shape index (κ2) is 8.01. The van der Waals surface area contributed by atoms with Gasteiger partial charge in [0.2, 0.25) is 0 Å². The predicted molar refractivity (Wildman–Crippen MR) is 87.9 cm³/mol. The van der Waals surface area contributed by atoms with E-state index in [0.29, 0.717) is 17.1 Å². The van der Waals surface area contributed by atoms with Crippen LogP contribution in [0.2, 0.25) is 5.02 Å². The van der Waals surface area contributed by atoms with Crippen LogP contribution >= 0.6 is 11.6 Å². The molecule has 0 saturated heterocycles. The van der Waals surface area contributed by atoms with E-state index in [-0.39, 0.29) is 22.8 Å². The van der Waals surface area contributed by atoms with Gasteiger partial charge in [-0.05, 0) is 24.3 Å². The number of allylic oxidation sites excluding steroid dienone is 1. The summed E-state index contributed by atoms with van der Waals surface area (Å²) in [5.74, 6) is 0.206. The quantitative estimate of drug-likeness (QED) is 0.750. The molecule has 120 valence electrons. The lowest BCUT2D eigenvalue weighted by Crippen LogP contribution is -2.02. The summed E-state index contributed by atoms with van der Waals surface area (Å²) in [6.45, 7) is -0.124. The van der Waals surface area contributed by atoms with Crippen LogP contribution in [0.25, 0.3) is 6.08 Å². The lowest BCUT2D eigenvalue weighted by Gasteiger charge is -2.14. The molecule has 0 heterocycles. The van der Waals surface area contributed by atoms with Gasteiger partial charge in [-0.2, -0.15) is 10.5 Å². The monoisotopic (exact) mass is 342 g/mol. The Balaban J connectivity index is 2.41. The first-order chi connectivity index (χ1) is 11.6. The second-order valence-corrected chi connectivity index (χ2v) is 5.06. The molecule has 0 atom stereocenters. The van der Waals surface area contributed by atoms with Crippen LogP contribution in [-0.4, -0.2) is 7.11 Å². The van der Waals surface area contributed by atoms with Crippen molar-refractivity contribution in [2.75, 3.05) is 7.11 Å². The molecule has 0 spiro atoms. The maximum atomic E-state index is 13.9. The summed E-state index contributed by atoms with van der Waals surface area (Å²) >= 11 is 5.99. The maximum absolute atomic E-state index is 13.9. The molecule has 0 aliphatic carbocycles. The highest BCUT2D eigenvalue weighted by Crippen LogP contribution is 2.34. The minimum Gasteiger partial charge on any atom is -0.493 e. The molecule has 0 aromatic heterocycles. The van der Waals surface area contributed by atoms with Gasteiger partial charge in [0.25, 0.3) is 0 Å². The van der Waals surface area contributed by atoms with Crippen molar-refractivity contribution in [1.29, 1.82) is 10.5 Å². The van der Waals surface area contributed by atoms with E-state index in [1.54, 1.807) is 36.4 Å². The molecule has 2 aromatic rings. The summed E-state index contributed by atoms with van der Waals surface area (Å²) in [6, 6.07) is 12.9. The fourth-order valence-electron chi connectivity index (χ4n) is 2.02. The van der Waals surface area contributed by atoms with Crippen molar-refractivity contribution in [3.8, 4) is 23.6 Å². The Bertz CT molecular complexity index is 830. The Morgan fingerprint density at radius 3 is 2.54 bits per heavy atom. The van der Waals surface area contributed by atoms with Crippen LogP contribution in [-0.2, 0) is 6.61 Å². The van der Waals surface area contributed by atoms with Crippen molar-refractivity contribution in [3.63, 3.8) is 0 Å². The lowest BCUT2D eigenvalue weighted by molar-refractivity contribution is 0.279. The summed E-state index contributed by atoms with van der Waals surface area (Å²) in [7, 11) is 1.46. The molecule has 0 radical (unpaired) electrons. The van der Waals surface area contributed by atoms with E-state index in [1.165, 1.54) is 25.3 Å². The minimum atomic E-state index is -0.482. The molecule has 2 aromatic carbocycles. The van der Waals surface area contributed by atoms with Crippen LogP contribution in [0.5, 0.6) is 11.5 Å². The minimum absolute atomic E-state index is 0.0861. The zero-order valence-corrected chi connectivity index (χ0v) is 13.5. The van der Waals surface area contributed by atoms with Gasteiger partial charge in [-0.1, -0.05) is 29.8 Å². The summed E-state index contributed by atoms with van der Waals surface area (Å²) in [5, 5.41) is 18.1. The molecule has 0 bridgehead atoms. The van der Waals surface area contributed by atoms with Gasteiger partial charge in [0.1, 0.15) is 30.1 Å². The smallest absolute Gasteiger partial charge is 0.168 e. The van der Waals surface area contributed by atoms with Gasteiger partial charge in [-0.25, -0.2) is 4.39 Å². The third kappa shape index (κ3) is 3.84. The summed E-state index contributed by atoms with van der Waals surface area (Å²) < 4.78 is 24.8. The van der Waals surface area contributed by atoms with E-state index in [0.717, 1.165) is 0 Å². The SMILES string of the molecule is COc1cccc(C=C(C#N)C#N)c1OCc1c(F)cccc1Cl. The van der Waals surface area contributed by atoms with Crippen LogP contribution in [0.15, 0.2) is 42.0 Å². The van der Waals surface area contributed by atoms with Crippen molar-refractivity contribution in [1.82, 2.24) is 0 Å². The van der Waals surface area contributed by atoms with Gasteiger partial charge in [0, 0.05) is 11.1 Å². The Labute approximate surface area is 143 Å². The Morgan fingerprint density at radius 2 is 1.92 bits per heavy atom. The number of halogens is 2. The largest absolute Gasteiger partial charge is 0.493 e. The number of nitrogens with zero attached hydrogens (tertiary/aromatic N) is 2. The van der Waals surface area contributed by atoms with E-state index in [1.807, 2.05) is 0 Å². The molecule has 24 heavy (non-hydrogen) atoms. The van der Waals surface area contributed by atoms with E-state index < -0.39 is 5.82 Å². The number of para-hydroxylation sites is 1. The van der Waals surface area contributed by atoms with Crippen molar-refractivity contribution >= 4 is 17.7 Å². The molecular formula is C18H12ClFN2O2. The number of hydrogen-bond acceptors (Lipinski definition) is 4. The summed E-state index contributed by atoms with van der Waals surface area (Å²) in [6.07, 6.45) is 1.38. The molecule has 0 aliphatic rings. The van der Waals surface area contributed by atoms with Gasteiger partial charge < -0.3 is 9.47 Å². The van der Waals surface area contributed by atoms with Crippen LogP contribution in [0.3, 0.4) is 0 Å². The average Bonchev–Trinajstić information content (AvgIpc) is 2.59. The maximum Gasteiger partial charge on any atom is 0.168 e. The molecule has 6 heteroatoms. The van der Waals surface area contributed by atoms with E-state index >= 15 is 0 Å². The van der Waals surface area contributed by atoms with E-state index in [2.05, 4.69) is 0 Å². The highest BCUT2D eigenvalue weighted by molar-refractivity contribution is 6.31. The van der Waals surface area contributed by atoms with Gasteiger partial charge in [0.15, 0.2) is 11.5 Å². The molecule has 0 N–H and O–H groups in total. The fraction of sp³-hybridized carbons (Fsp3) is 0.111. The van der Waals surface area contributed by atoms with Gasteiger partial charge >= 0.3 is 0 Å². The van der Waals surface area contributed by atoms with Crippen molar-refractivity contribution in [3.05, 3.63) is 63.9 Å². The van der Waals surface area contributed by atoms with Gasteiger partial charge in [0.05, 0.1) is 12.1 Å². The average molecular weight is 343 g/mol. The first-order valence-corrected chi connectivity index (χ1v) is 7.23. The summed E-state index contributed by atoms with van der Waals surface area (Å²) in [5.41, 5.74) is 0.595. The van der Waals surface area contributed by atoms with Crippen molar-refractivity contribution in [2.45, 2.75) is 6.61 Å². The number of rotatable bonds is 5. The molecule has 0 amide bonds. The lowest BCUT2D eigenvalue weighted by atomic mass is 10.1. The van der Waals surface area contributed by atoms with Crippen LogP contribution in [0.1, 0.15) is 11.1 Å². The zero-order chi connectivity index (χ0) is 17.5. The normalized spacial score (nSPS) is 9.54. The molecule has 0 saturated carbocycles. The highest BCUT2D eigenvalue weighted by atomic mass is 35.5. The topological polar surface area (TPSA) is 66.0 Å². The third-order valence-corrected chi connectivity index (χ3v) is 3.55. The summed E-state index contributed by atoms with van der Waals surface area (Å²) in [4.78, 5) is 0. The standard InChI is InChI=1S/C18H12ClFN2O2/c1-23-17-7-2-4-13(8-12(9-21)10-22)18(17)24-11-14-15(19)5-3-6-16(14)20/h2-8H,11H2,1H3. The first-order valence-electron chi connectivity index (χ1n) is 6.85. The Hall–Kier alpha value is -3.02. The molecule has 0 fully saturated rings. The molecule has 2 rings (SSSR count). The number of methoxy groups -OCH3 is 1. The van der Waals surface area contributed by atoms with Crippen LogP contribution in [0, 0.1) is 28.5 Å². The third-order valence-electron chi connectivity index (χ3n) is 3.19. The fourth-order valence-corrected chi connectivity index (χ4v) is 2.24. The Kier molecular flexibility index (Phi) is 5.78. The molecule has 0 aliphatic heterocycles. The first kappa shape index (κ1) is 17.3. The van der Waals surface area contributed by atoms with Crippen molar-refractivity contribution < 1.29 is 13.9 Å². The molecule has 0 unspecified atom stereocenters. The Morgan fingerprint density at radius 1 is 1.21 bits per heavy atom. The molecular weight excluding hydrogens is 331 g/mol. The number of hydrogen-bond donors (Lipinski definition) is 0. The van der Waals surface area contributed by atoms with Crippen LogP contribution in [0.4, 0.5) is 4.39 Å². The van der Waals surface area contributed by atoms with Gasteiger partial charge in [-0.3, -0.25) is 0 Å². The number of nitriles is 2. The van der Waals surface area contributed by atoms with Crippen LogP contribution < -0.4 is 9.47 Å². The number of benzene rings is 2. The van der Waals surface area contributed by atoms with Crippen molar-refractivity contribution in [2.24, 2.45) is 0 Å². The predicted octanol–water partition coefficient (Wildman–Crippen LogP) is 4.50.